The number of halogens is 12. The SMILES string of the molecule is CNC(=O)[C@@]1(C)CC[C@@](CO[C@H](C)c2cc(C(F)(F)F)cc(C(F)(F)F)c2)(c2ccccc2)NC1.CNC(=O)[C@]1(C)CC[C@@](CO[C@H](C)c2cc(C(F)(F)F)cc(C(F)(F)F)c2)(c2ccccc2)NC1. The van der Waals surface area contributed by atoms with Crippen LogP contribution in [0.25, 0.3) is 0 Å². The van der Waals surface area contributed by atoms with Crippen LogP contribution < -0.4 is 21.3 Å². The van der Waals surface area contributed by atoms with Crippen molar-refractivity contribution in [2.24, 2.45) is 10.8 Å². The van der Waals surface area contributed by atoms with Gasteiger partial charge in [-0.1, -0.05) is 60.7 Å². The molecule has 0 aromatic heterocycles. The topological polar surface area (TPSA) is 101 Å². The molecule has 0 radical (unpaired) electrons. The molecule has 6 rings (SSSR count). The van der Waals surface area contributed by atoms with E-state index in [-0.39, 0.29) is 48.3 Å². The van der Waals surface area contributed by atoms with Gasteiger partial charge in [-0.25, -0.2) is 0 Å². The maximum absolute atomic E-state index is 13.3. The summed E-state index contributed by atoms with van der Waals surface area (Å²) in [5.74, 6) is -0.241. The molecule has 4 aromatic carbocycles. The quantitative estimate of drug-likeness (QED) is 0.106. The molecule has 2 aliphatic rings. The fourth-order valence-electron chi connectivity index (χ4n) is 8.63. The molecule has 0 bridgehead atoms. The smallest absolute Gasteiger partial charge is 0.372 e. The minimum absolute atomic E-state index is 0.0143. The Labute approximate surface area is 398 Å². The van der Waals surface area contributed by atoms with E-state index >= 15 is 0 Å². The van der Waals surface area contributed by atoms with Crippen LogP contribution in [0.4, 0.5) is 52.7 Å². The van der Waals surface area contributed by atoms with E-state index in [0.717, 1.165) is 11.1 Å². The van der Waals surface area contributed by atoms with Gasteiger partial charge in [0.1, 0.15) is 0 Å². The fourth-order valence-corrected chi connectivity index (χ4v) is 8.63. The number of carbonyl (C=O) groups excluding carboxylic acids is 2. The molecule has 2 fully saturated rings. The lowest BCUT2D eigenvalue weighted by molar-refractivity contribution is -0.145. The van der Waals surface area contributed by atoms with Gasteiger partial charge in [0.15, 0.2) is 0 Å². The van der Waals surface area contributed by atoms with Crippen molar-refractivity contribution in [2.45, 2.75) is 101 Å². The number of amides is 2. The van der Waals surface area contributed by atoms with Gasteiger partial charge in [0, 0.05) is 27.2 Å². The average Bonchev–Trinajstić information content (AvgIpc) is 3.32. The molecule has 2 heterocycles. The van der Waals surface area contributed by atoms with Gasteiger partial charge in [-0.05, 0) is 112 Å². The highest BCUT2D eigenvalue weighted by atomic mass is 19.4. The number of carbonyl (C=O) groups is 2. The van der Waals surface area contributed by atoms with Crippen molar-refractivity contribution in [1.29, 1.82) is 0 Å². The summed E-state index contributed by atoms with van der Waals surface area (Å²) < 4.78 is 171. The summed E-state index contributed by atoms with van der Waals surface area (Å²) >= 11 is 0. The van der Waals surface area contributed by atoms with Crippen molar-refractivity contribution in [3.8, 4) is 0 Å². The first-order valence-corrected chi connectivity index (χ1v) is 22.3. The second kappa shape index (κ2) is 21.3. The van der Waals surface area contributed by atoms with Crippen LogP contribution in [0.15, 0.2) is 97.1 Å². The van der Waals surface area contributed by atoms with Crippen molar-refractivity contribution in [3.05, 3.63) is 142 Å². The second-order valence-electron chi connectivity index (χ2n) is 18.5. The monoisotopic (exact) mass is 1000 g/mol. The van der Waals surface area contributed by atoms with Crippen LogP contribution in [-0.2, 0) is 54.8 Å². The Morgan fingerprint density at radius 2 is 0.800 bits per heavy atom. The maximum atomic E-state index is 13.3. The number of rotatable bonds is 12. The van der Waals surface area contributed by atoms with Crippen molar-refractivity contribution in [1.82, 2.24) is 21.3 Å². The summed E-state index contributed by atoms with van der Waals surface area (Å²) in [7, 11) is 3.11. The van der Waals surface area contributed by atoms with E-state index in [9.17, 15) is 62.3 Å². The lowest BCUT2D eigenvalue weighted by atomic mass is 9.72. The first-order chi connectivity index (χ1) is 32.4. The fraction of sp³-hybridized carbons (Fsp3) is 0.480. The predicted octanol–water partition coefficient (Wildman–Crippen LogP) is 11.7. The molecule has 0 saturated carbocycles. The largest absolute Gasteiger partial charge is 0.416 e. The van der Waals surface area contributed by atoms with E-state index < -0.39 is 81.1 Å². The van der Waals surface area contributed by atoms with Crippen LogP contribution in [0.3, 0.4) is 0 Å². The molecular weight excluding hydrogens is 949 g/mol. The number of alkyl halides is 12. The zero-order valence-electron chi connectivity index (χ0n) is 39.2. The predicted molar refractivity (Wildman–Crippen MR) is 237 cm³/mol. The third-order valence-corrected chi connectivity index (χ3v) is 13.4. The van der Waals surface area contributed by atoms with Crippen LogP contribution in [0.1, 0.15) is 110 Å². The van der Waals surface area contributed by atoms with E-state index in [0.29, 0.717) is 63.0 Å². The second-order valence-corrected chi connectivity index (χ2v) is 18.5. The minimum Gasteiger partial charge on any atom is -0.372 e. The molecule has 0 aliphatic carbocycles. The molecule has 384 valence electrons. The Kier molecular flexibility index (Phi) is 16.9. The Hall–Kier alpha value is -5.18. The summed E-state index contributed by atoms with van der Waals surface area (Å²) in [6.07, 6.45) is -19.9. The van der Waals surface area contributed by atoms with Crippen LogP contribution in [0.5, 0.6) is 0 Å². The van der Waals surface area contributed by atoms with Crippen molar-refractivity contribution in [2.75, 3.05) is 40.4 Å². The third kappa shape index (κ3) is 13.2. The molecular formula is C50H56F12N4O4. The molecule has 2 saturated heterocycles. The molecule has 8 nitrogen and oxygen atoms in total. The molecule has 4 N–H and O–H groups in total. The lowest BCUT2D eigenvalue weighted by Gasteiger charge is -2.45. The van der Waals surface area contributed by atoms with Crippen molar-refractivity contribution in [3.63, 3.8) is 0 Å². The van der Waals surface area contributed by atoms with E-state index in [1.54, 1.807) is 14.1 Å². The zero-order chi connectivity index (χ0) is 52.1. The van der Waals surface area contributed by atoms with Crippen LogP contribution in [0, 0.1) is 10.8 Å². The van der Waals surface area contributed by atoms with E-state index in [4.69, 9.17) is 9.47 Å². The molecule has 0 spiro atoms. The van der Waals surface area contributed by atoms with Crippen LogP contribution >= 0.6 is 0 Å². The third-order valence-electron chi connectivity index (χ3n) is 13.4. The summed E-state index contributed by atoms with van der Waals surface area (Å²) in [5.41, 5.74) is -7.13. The first kappa shape index (κ1) is 55.7. The Morgan fingerprint density at radius 1 is 0.514 bits per heavy atom. The Morgan fingerprint density at radius 3 is 1.03 bits per heavy atom. The minimum atomic E-state index is -4.93. The molecule has 70 heavy (non-hydrogen) atoms. The molecule has 20 heteroatoms. The van der Waals surface area contributed by atoms with Gasteiger partial charge < -0.3 is 30.7 Å². The summed E-state index contributed by atoms with van der Waals surface area (Å²) in [4.78, 5) is 24.7. The van der Waals surface area contributed by atoms with E-state index in [2.05, 4.69) is 21.3 Å². The summed E-state index contributed by atoms with van der Waals surface area (Å²) in [5, 5.41) is 12.1. The van der Waals surface area contributed by atoms with Gasteiger partial charge in [-0.2, -0.15) is 52.7 Å². The zero-order valence-corrected chi connectivity index (χ0v) is 39.2. The number of hydrogen-bond donors (Lipinski definition) is 4. The average molecular weight is 1000 g/mol. The van der Waals surface area contributed by atoms with Gasteiger partial charge in [-0.15, -0.1) is 0 Å². The van der Waals surface area contributed by atoms with E-state index in [1.807, 2.05) is 74.5 Å². The highest BCUT2D eigenvalue weighted by Crippen LogP contribution is 2.44. The number of hydrogen-bond acceptors (Lipinski definition) is 6. The van der Waals surface area contributed by atoms with Gasteiger partial charge in [0.2, 0.25) is 11.8 Å². The van der Waals surface area contributed by atoms with Crippen LogP contribution in [-0.4, -0.2) is 52.2 Å². The van der Waals surface area contributed by atoms with Crippen molar-refractivity contribution >= 4 is 11.8 Å². The van der Waals surface area contributed by atoms with Gasteiger partial charge in [0.05, 0.1) is 69.6 Å². The normalized spacial score (nSPS) is 24.1. The highest BCUT2D eigenvalue weighted by molar-refractivity contribution is 5.83. The number of benzene rings is 4. The van der Waals surface area contributed by atoms with Crippen molar-refractivity contribution < 1.29 is 71.7 Å². The van der Waals surface area contributed by atoms with Crippen LogP contribution in [0.2, 0.25) is 0 Å². The lowest BCUT2D eigenvalue weighted by Crippen LogP contribution is -2.58. The summed E-state index contributed by atoms with van der Waals surface area (Å²) in [6, 6.07) is 21.4. The summed E-state index contributed by atoms with van der Waals surface area (Å²) in [6.45, 7) is 7.12. The highest BCUT2D eigenvalue weighted by Gasteiger charge is 2.47. The molecule has 0 unspecified atom stereocenters. The molecule has 6 atom stereocenters. The molecule has 2 amide bonds. The standard InChI is InChI=1S/2C25H28F6N2O2/c2*1-16(17-11-19(24(26,27)28)13-20(12-17)25(29,30)31)35-15-23(18-7-5-4-6-8-18)10-9-22(2,14-33-23)21(34)32-3/h2*4-8,11-13,16,33H,9-10,14-15H2,1-3H3,(H,32,34)/t16-,22+,23-;16-,22-,23-/m11/s1. The Bertz CT molecular complexity index is 2160. The number of nitrogens with one attached hydrogen (secondary N) is 4. The van der Waals surface area contributed by atoms with Gasteiger partial charge >= 0.3 is 24.7 Å². The van der Waals surface area contributed by atoms with E-state index in [1.165, 1.54) is 13.8 Å². The Balaban J connectivity index is 0.000000261. The number of piperidine rings is 2. The maximum Gasteiger partial charge on any atom is 0.416 e. The molecule has 4 aromatic rings. The molecule has 2 aliphatic heterocycles. The van der Waals surface area contributed by atoms with Gasteiger partial charge in [-0.3, -0.25) is 9.59 Å². The number of ether oxygens (including phenoxy) is 2. The first-order valence-electron chi connectivity index (χ1n) is 22.3. The van der Waals surface area contributed by atoms with Gasteiger partial charge in [0.25, 0.3) is 0 Å².